The number of nitriles is 1. The summed E-state index contributed by atoms with van der Waals surface area (Å²) in [6.45, 7) is 0.271. The van der Waals surface area contributed by atoms with Crippen LogP contribution in [-0.4, -0.2) is 18.5 Å². The van der Waals surface area contributed by atoms with Crippen LogP contribution in [0.3, 0.4) is 0 Å². The molecule has 106 valence electrons. The summed E-state index contributed by atoms with van der Waals surface area (Å²) in [5.41, 5.74) is 2.09. The first kappa shape index (κ1) is 14.4. The fraction of sp³-hybridized carbons (Fsp3) is 0.125. The number of ether oxygens (including phenoxy) is 2. The van der Waals surface area contributed by atoms with Gasteiger partial charge in [-0.1, -0.05) is 23.4 Å². The Morgan fingerprint density at radius 3 is 2.76 bits per heavy atom. The summed E-state index contributed by atoms with van der Waals surface area (Å²) in [6.07, 6.45) is 1.30. The van der Waals surface area contributed by atoms with Crippen molar-refractivity contribution in [2.45, 2.75) is 6.61 Å². The monoisotopic (exact) mass is 282 g/mol. The summed E-state index contributed by atoms with van der Waals surface area (Å²) in [7, 11) is 1.53. The van der Waals surface area contributed by atoms with Crippen LogP contribution in [0.1, 0.15) is 16.7 Å². The standard InChI is InChI=1S/C16H14N2O3/c1-20-16-8-12(10-18-19)6-7-15(16)21-11-14-5-3-2-4-13(14)9-17/h2-8,10,19H,11H2,1H3. The average Bonchev–Trinajstić information content (AvgIpc) is 2.54. The summed E-state index contributed by atoms with van der Waals surface area (Å²) in [6, 6.07) is 14.6. The highest BCUT2D eigenvalue weighted by Crippen LogP contribution is 2.28. The zero-order valence-corrected chi connectivity index (χ0v) is 11.5. The van der Waals surface area contributed by atoms with Gasteiger partial charge in [-0.2, -0.15) is 5.26 Å². The molecule has 0 aliphatic heterocycles. The zero-order valence-electron chi connectivity index (χ0n) is 11.5. The molecule has 2 rings (SSSR count). The van der Waals surface area contributed by atoms with Gasteiger partial charge in [0, 0.05) is 11.1 Å². The topological polar surface area (TPSA) is 74.8 Å². The van der Waals surface area contributed by atoms with Crippen molar-refractivity contribution in [3.63, 3.8) is 0 Å². The molecule has 0 aliphatic rings. The Kier molecular flexibility index (Phi) is 4.78. The maximum absolute atomic E-state index is 9.04. The third-order valence-electron chi connectivity index (χ3n) is 2.92. The molecule has 0 heterocycles. The van der Waals surface area contributed by atoms with Gasteiger partial charge in [0.1, 0.15) is 6.61 Å². The van der Waals surface area contributed by atoms with Gasteiger partial charge < -0.3 is 14.7 Å². The summed E-state index contributed by atoms with van der Waals surface area (Å²) >= 11 is 0. The number of nitrogens with zero attached hydrogens (tertiary/aromatic N) is 2. The molecule has 0 fully saturated rings. The van der Waals surface area contributed by atoms with Crippen molar-refractivity contribution < 1.29 is 14.7 Å². The number of hydrogen-bond acceptors (Lipinski definition) is 5. The van der Waals surface area contributed by atoms with Gasteiger partial charge in [0.25, 0.3) is 0 Å². The first-order chi connectivity index (χ1) is 10.3. The van der Waals surface area contributed by atoms with E-state index < -0.39 is 0 Å². The van der Waals surface area contributed by atoms with Crippen LogP contribution in [0.2, 0.25) is 0 Å². The number of benzene rings is 2. The van der Waals surface area contributed by atoms with E-state index >= 15 is 0 Å². The minimum Gasteiger partial charge on any atom is -0.493 e. The Bertz CT molecular complexity index is 690. The molecule has 0 saturated carbocycles. The normalized spacial score (nSPS) is 10.3. The molecule has 1 N–H and O–H groups in total. The molecule has 2 aromatic carbocycles. The molecule has 5 nitrogen and oxygen atoms in total. The van der Waals surface area contributed by atoms with Gasteiger partial charge in [-0.05, 0) is 24.3 Å². The highest BCUT2D eigenvalue weighted by molar-refractivity contribution is 5.80. The van der Waals surface area contributed by atoms with E-state index in [4.69, 9.17) is 19.9 Å². The van der Waals surface area contributed by atoms with E-state index in [9.17, 15) is 0 Å². The van der Waals surface area contributed by atoms with Crippen LogP contribution in [0.25, 0.3) is 0 Å². The summed E-state index contributed by atoms with van der Waals surface area (Å²) in [5, 5.41) is 20.5. The molecule has 21 heavy (non-hydrogen) atoms. The Morgan fingerprint density at radius 2 is 2.05 bits per heavy atom. The van der Waals surface area contributed by atoms with Gasteiger partial charge in [-0.15, -0.1) is 0 Å². The van der Waals surface area contributed by atoms with Crippen LogP contribution in [-0.2, 0) is 6.61 Å². The quantitative estimate of drug-likeness (QED) is 0.519. The van der Waals surface area contributed by atoms with E-state index in [0.29, 0.717) is 22.6 Å². The maximum Gasteiger partial charge on any atom is 0.161 e. The van der Waals surface area contributed by atoms with E-state index in [-0.39, 0.29) is 6.61 Å². The molecular formula is C16H14N2O3. The van der Waals surface area contributed by atoms with Crippen molar-refractivity contribution in [3.8, 4) is 17.6 Å². The lowest BCUT2D eigenvalue weighted by Crippen LogP contribution is -2.00. The molecule has 5 heteroatoms. The smallest absolute Gasteiger partial charge is 0.161 e. The predicted octanol–water partition coefficient (Wildman–Crippen LogP) is 2.95. The number of hydrogen-bond donors (Lipinski definition) is 1. The van der Waals surface area contributed by atoms with E-state index in [1.807, 2.05) is 18.2 Å². The molecule has 0 aromatic heterocycles. The minimum absolute atomic E-state index is 0.271. The lowest BCUT2D eigenvalue weighted by atomic mass is 10.1. The Balaban J connectivity index is 2.18. The van der Waals surface area contributed by atoms with Crippen molar-refractivity contribution in [1.82, 2.24) is 0 Å². The van der Waals surface area contributed by atoms with Crippen LogP contribution in [0.5, 0.6) is 11.5 Å². The zero-order chi connectivity index (χ0) is 15.1. The SMILES string of the molecule is COc1cc(C=NO)ccc1OCc1ccccc1C#N. The van der Waals surface area contributed by atoms with Gasteiger partial charge in [-0.3, -0.25) is 0 Å². The third-order valence-corrected chi connectivity index (χ3v) is 2.92. The Hall–Kier alpha value is -3.00. The lowest BCUT2D eigenvalue weighted by Gasteiger charge is -2.11. The molecule has 2 aromatic rings. The summed E-state index contributed by atoms with van der Waals surface area (Å²) in [5.74, 6) is 1.09. The molecule has 0 radical (unpaired) electrons. The van der Waals surface area contributed by atoms with Gasteiger partial charge in [-0.25, -0.2) is 0 Å². The summed E-state index contributed by atoms with van der Waals surface area (Å²) < 4.78 is 11.0. The highest BCUT2D eigenvalue weighted by Gasteiger charge is 2.07. The summed E-state index contributed by atoms with van der Waals surface area (Å²) in [4.78, 5) is 0. The van der Waals surface area contributed by atoms with Crippen molar-refractivity contribution in [2.75, 3.05) is 7.11 Å². The molecule has 0 unspecified atom stereocenters. The van der Waals surface area contributed by atoms with Gasteiger partial charge in [0.05, 0.1) is 25.0 Å². The van der Waals surface area contributed by atoms with Crippen molar-refractivity contribution in [3.05, 3.63) is 59.2 Å². The van der Waals surface area contributed by atoms with Crippen LogP contribution >= 0.6 is 0 Å². The van der Waals surface area contributed by atoms with Crippen molar-refractivity contribution in [2.24, 2.45) is 5.16 Å². The van der Waals surface area contributed by atoms with Crippen molar-refractivity contribution >= 4 is 6.21 Å². The number of rotatable bonds is 5. The van der Waals surface area contributed by atoms with Gasteiger partial charge in [0.15, 0.2) is 11.5 Å². The lowest BCUT2D eigenvalue weighted by molar-refractivity contribution is 0.284. The first-order valence-electron chi connectivity index (χ1n) is 6.24. The van der Waals surface area contributed by atoms with E-state index in [1.54, 1.807) is 24.3 Å². The first-order valence-corrected chi connectivity index (χ1v) is 6.24. The Labute approximate surface area is 122 Å². The molecule has 0 atom stereocenters. The van der Waals surface area contributed by atoms with Crippen molar-refractivity contribution in [1.29, 1.82) is 5.26 Å². The van der Waals surface area contributed by atoms with Gasteiger partial charge >= 0.3 is 0 Å². The second kappa shape index (κ2) is 6.96. The highest BCUT2D eigenvalue weighted by atomic mass is 16.5. The van der Waals surface area contributed by atoms with Crippen LogP contribution < -0.4 is 9.47 Å². The largest absolute Gasteiger partial charge is 0.493 e. The maximum atomic E-state index is 9.04. The fourth-order valence-corrected chi connectivity index (χ4v) is 1.86. The van der Waals surface area contributed by atoms with E-state index in [0.717, 1.165) is 5.56 Å². The second-order valence-electron chi connectivity index (χ2n) is 4.21. The van der Waals surface area contributed by atoms with E-state index in [2.05, 4.69) is 11.2 Å². The molecule has 0 spiro atoms. The second-order valence-corrected chi connectivity index (χ2v) is 4.21. The molecular weight excluding hydrogens is 268 g/mol. The third kappa shape index (κ3) is 3.51. The van der Waals surface area contributed by atoms with Gasteiger partial charge in [0.2, 0.25) is 0 Å². The molecule has 0 aliphatic carbocycles. The van der Waals surface area contributed by atoms with E-state index in [1.165, 1.54) is 13.3 Å². The molecule has 0 bridgehead atoms. The van der Waals surface area contributed by atoms with Crippen LogP contribution in [0, 0.1) is 11.3 Å². The Morgan fingerprint density at radius 1 is 1.24 bits per heavy atom. The number of oxime groups is 1. The number of methoxy groups -OCH3 is 1. The molecule has 0 amide bonds. The fourth-order valence-electron chi connectivity index (χ4n) is 1.86. The average molecular weight is 282 g/mol. The van der Waals surface area contributed by atoms with Crippen LogP contribution in [0.15, 0.2) is 47.6 Å². The molecule has 0 saturated heterocycles. The minimum atomic E-state index is 0.271. The van der Waals surface area contributed by atoms with Crippen LogP contribution in [0.4, 0.5) is 0 Å². The predicted molar refractivity (Wildman–Crippen MR) is 77.9 cm³/mol.